The highest BCUT2D eigenvalue weighted by atomic mass is 35.5. The first-order chi connectivity index (χ1) is 13.2. The van der Waals surface area contributed by atoms with Crippen molar-refractivity contribution in [2.24, 2.45) is 0 Å². The summed E-state index contributed by atoms with van der Waals surface area (Å²) < 4.78 is 38.7. The summed E-state index contributed by atoms with van der Waals surface area (Å²) in [5.74, 6) is -0.586. The summed E-state index contributed by atoms with van der Waals surface area (Å²) in [4.78, 5) is 11.8. The summed E-state index contributed by atoms with van der Waals surface area (Å²) in [6.07, 6.45) is -0.167. The molecular weight excluding hydrogens is 425 g/mol. The molecule has 0 amide bonds. The molecular formula is C19H21Cl2NO5S. The van der Waals surface area contributed by atoms with Gasteiger partial charge in [-0.3, -0.25) is 4.79 Å². The first kappa shape index (κ1) is 22.5. The average Bonchev–Trinajstić information content (AvgIpc) is 2.63. The van der Waals surface area contributed by atoms with Crippen LogP contribution in [0.2, 0.25) is 10.0 Å². The number of halogens is 2. The summed E-state index contributed by atoms with van der Waals surface area (Å²) in [6, 6.07) is 9.02. The van der Waals surface area contributed by atoms with E-state index < -0.39 is 22.0 Å². The first-order valence-electron chi connectivity index (χ1n) is 8.46. The fraction of sp³-hybridized carbons (Fsp3) is 0.316. The minimum Gasteiger partial charge on any atom is -0.494 e. The number of sulfonamides is 1. The van der Waals surface area contributed by atoms with E-state index >= 15 is 0 Å². The van der Waals surface area contributed by atoms with Gasteiger partial charge in [0.25, 0.3) is 0 Å². The van der Waals surface area contributed by atoms with Crippen molar-refractivity contribution in [3.8, 4) is 5.75 Å². The third kappa shape index (κ3) is 5.38. The van der Waals surface area contributed by atoms with Crippen LogP contribution in [0.5, 0.6) is 5.75 Å². The molecule has 28 heavy (non-hydrogen) atoms. The van der Waals surface area contributed by atoms with E-state index in [1.54, 1.807) is 19.1 Å². The van der Waals surface area contributed by atoms with Crippen LogP contribution >= 0.6 is 23.2 Å². The Labute approximate surface area is 174 Å². The van der Waals surface area contributed by atoms with Gasteiger partial charge in [-0.15, -0.1) is 0 Å². The fourth-order valence-electron chi connectivity index (χ4n) is 2.58. The number of ether oxygens (including phenoxy) is 2. The molecule has 0 saturated heterocycles. The smallest absolute Gasteiger partial charge is 0.307 e. The molecule has 0 aromatic heterocycles. The molecule has 0 unspecified atom stereocenters. The highest BCUT2D eigenvalue weighted by Crippen LogP contribution is 2.37. The van der Waals surface area contributed by atoms with Crippen LogP contribution in [0.15, 0.2) is 41.3 Å². The monoisotopic (exact) mass is 445 g/mol. The number of benzene rings is 2. The summed E-state index contributed by atoms with van der Waals surface area (Å²) in [5, 5.41) is 0.156. The lowest BCUT2D eigenvalue weighted by Gasteiger charge is -2.20. The van der Waals surface area contributed by atoms with Crippen molar-refractivity contribution < 1.29 is 22.7 Å². The fourth-order valence-corrected chi connectivity index (χ4v) is 4.42. The van der Waals surface area contributed by atoms with Crippen LogP contribution in [0, 0.1) is 6.92 Å². The molecule has 2 aromatic carbocycles. The van der Waals surface area contributed by atoms with Gasteiger partial charge in [0, 0.05) is 0 Å². The van der Waals surface area contributed by atoms with Crippen LogP contribution in [0.4, 0.5) is 0 Å². The van der Waals surface area contributed by atoms with E-state index in [2.05, 4.69) is 4.72 Å². The molecule has 6 nitrogen and oxygen atoms in total. The van der Waals surface area contributed by atoms with Crippen LogP contribution in [0.25, 0.3) is 0 Å². The van der Waals surface area contributed by atoms with Crippen molar-refractivity contribution in [2.75, 3.05) is 13.7 Å². The van der Waals surface area contributed by atoms with Crippen molar-refractivity contribution in [2.45, 2.75) is 31.2 Å². The maximum Gasteiger partial charge on any atom is 0.307 e. The normalized spacial score (nSPS) is 12.5. The largest absolute Gasteiger partial charge is 0.494 e. The zero-order valence-corrected chi connectivity index (χ0v) is 18.0. The Hall–Kier alpha value is -1.80. The number of carbonyl (C=O) groups is 1. The van der Waals surface area contributed by atoms with Gasteiger partial charge in [-0.2, -0.15) is 0 Å². The number of hydrogen-bond donors (Lipinski definition) is 1. The molecule has 2 rings (SSSR count). The summed E-state index contributed by atoms with van der Waals surface area (Å²) in [6.45, 7) is 3.80. The van der Waals surface area contributed by atoms with E-state index in [1.165, 1.54) is 19.2 Å². The third-order valence-corrected chi connectivity index (χ3v) is 6.24. The van der Waals surface area contributed by atoms with Gasteiger partial charge < -0.3 is 9.47 Å². The van der Waals surface area contributed by atoms with E-state index in [1.807, 2.05) is 19.1 Å². The molecule has 0 bridgehead atoms. The lowest BCUT2D eigenvalue weighted by molar-refractivity contribution is -0.143. The van der Waals surface area contributed by atoms with Crippen molar-refractivity contribution in [3.63, 3.8) is 0 Å². The van der Waals surface area contributed by atoms with Gasteiger partial charge in [-0.05, 0) is 31.5 Å². The first-order valence-corrected chi connectivity index (χ1v) is 10.7. The molecule has 1 N–H and O–H groups in total. The molecule has 152 valence electrons. The van der Waals surface area contributed by atoms with Gasteiger partial charge in [0.15, 0.2) is 5.75 Å². The molecule has 9 heteroatoms. The van der Waals surface area contributed by atoms with Crippen molar-refractivity contribution in [3.05, 3.63) is 57.6 Å². The predicted molar refractivity (Wildman–Crippen MR) is 109 cm³/mol. The zero-order valence-electron chi connectivity index (χ0n) is 15.7. The Balaban J connectivity index is 2.43. The average molecular weight is 446 g/mol. The van der Waals surface area contributed by atoms with Crippen LogP contribution in [-0.4, -0.2) is 28.1 Å². The number of esters is 1. The Morgan fingerprint density at radius 3 is 2.36 bits per heavy atom. The molecule has 0 saturated carbocycles. The van der Waals surface area contributed by atoms with Crippen LogP contribution in [-0.2, 0) is 19.6 Å². The molecule has 0 aliphatic rings. The quantitative estimate of drug-likeness (QED) is 0.612. The number of rotatable bonds is 8. The van der Waals surface area contributed by atoms with Crippen molar-refractivity contribution >= 4 is 39.2 Å². The van der Waals surface area contributed by atoms with E-state index in [0.717, 1.165) is 5.56 Å². The van der Waals surface area contributed by atoms with Gasteiger partial charge in [0.05, 0.1) is 31.2 Å². The zero-order chi connectivity index (χ0) is 20.9. The van der Waals surface area contributed by atoms with E-state index in [-0.39, 0.29) is 33.7 Å². The molecule has 0 fully saturated rings. The van der Waals surface area contributed by atoms with Crippen molar-refractivity contribution in [1.82, 2.24) is 4.72 Å². The second-order valence-corrected chi connectivity index (χ2v) is 8.45. The molecule has 0 spiro atoms. The Morgan fingerprint density at radius 2 is 1.79 bits per heavy atom. The molecule has 2 aromatic rings. The number of methoxy groups -OCH3 is 1. The topological polar surface area (TPSA) is 81.7 Å². The molecule has 0 heterocycles. The minimum absolute atomic E-state index is 0.00989. The van der Waals surface area contributed by atoms with Crippen LogP contribution in [0.1, 0.15) is 30.5 Å². The molecule has 1 atom stereocenters. The highest BCUT2D eigenvalue weighted by Gasteiger charge is 2.28. The standard InChI is InChI=1S/C19H21Cl2NO5S/c1-4-27-17(23)11-15(13-7-5-12(2)6-8-13)22-28(24,25)16-10-9-14(20)18(21)19(16)26-3/h5-10,15,22H,4,11H2,1-3H3/t15-/m1/s1. The maximum absolute atomic E-state index is 13.0. The second-order valence-electron chi connectivity index (χ2n) is 5.99. The second kappa shape index (κ2) is 9.60. The Morgan fingerprint density at radius 1 is 1.14 bits per heavy atom. The molecule has 0 aliphatic carbocycles. The number of carbonyl (C=O) groups excluding carboxylic acids is 1. The lowest BCUT2D eigenvalue weighted by atomic mass is 10.0. The number of aryl methyl sites for hydroxylation is 1. The van der Waals surface area contributed by atoms with Gasteiger partial charge >= 0.3 is 5.97 Å². The van der Waals surface area contributed by atoms with Gasteiger partial charge in [-0.1, -0.05) is 53.0 Å². The van der Waals surface area contributed by atoms with Gasteiger partial charge in [0.1, 0.15) is 9.92 Å². The number of hydrogen-bond acceptors (Lipinski definition) is 5. The minimum atomic E-state index is -4.09. The van der Waals surface area contributed by atoms with Crippen LogP contribution < -0.4 is 9.46 Å². The van der Waals surface area contributed by atoms with E-state index in [0.29, 0.717) is 5.56 Å². The van der Waals surface area contributed by atoms with Gasteiger partial charge in [0.2, 0.25) is 10.0 Å². The predicted octanol–water partition coefficient (Wildman–Crippen LogP) is 4.28. The van der Waals surface area contributed by atoms with Crippen molar-refractivity contribution in [1.29, 1.82) is 0 Å². The maximum atomic E-state index is 13.0. The summed E-state index contributed by atoms with van der Waals surface area (Å²) >= 11 is 12.0. The summed E-state index contributed by atoms with van der Waals surface area (Å²) in [7, 11) is -2.79. The third-order valence-electron chi connectivity index (χ3n) is 3.96. The number of nitrogens with one attached hydrogen (secondary N) is 1. The SMILES string of the molecule is CCOC(=O)C[C@@H](NS(=O)(=O)c1ccc(Cl)c(Cl)c1OC)c1ccc(C)cc1. The highest BCUT2D eigenvalue weighted by molar-refractivity contribution is 7.89. The summed E-state index contributed by atoms with van der Waals surface area (Å²) in [5.41, 5.74) is 1.63. The Bertz CT molecular complexity index is 946. The van der Waals surface area contributed by atoms with E-state index in [9.17, 15) is 13.2 Å². The van der Waals surface area contributed by atoms with Crippen LogP contribution in [0.3, 0.4) is 0 Å². The Kier molecular flexibility index (Phi) is 7.71. The molecule has 0 aliphatic heterocycles. The molecule has 0 radical (unpaired) electrons. The van der Waals surface area contributed by atoms with Gasteiger partial charge in [-0.25, -0.2) is 13.1 Å². The lowest BCUT2D eigenvalue weighted by Crippen LogP contribution is -2.31. The van der Waals surface area contributed by atoms with E-state index in [4.69, 9.17) is 32.7 Å².